The van der Waals surface area contributed by atoms with Crippen LogP contribution in [0.15, 0.2) is 59.0 Å². The summed E-state index contributed by atoms with van der Waals surface area (Å²) in [4.78, 5) is 48.3. The number of hydrogen-bond donors (Lipinski definition) is 2. The molecular formula is C40H40F3N5O7S. The molecule has 1 saturated heterocycles. The maximum Gasteiger partial charge on any atom is 0.410 e. The average molecular weight is 792 g/mol. The fourth-order valence-corrected chi connectivity index (χ4v) is 7.37. The molecule has 2 atom stereocenters. The minimum Gasteiger partial charge on any atom is -0.462 e. The molecule has 0 unspecified atom stereocenters. The van der Waals surface area contributed by atoms with E-state index in [1.54, 1.807) is 52.8 Å². The molecule has 4 heterocycles. The first-order valence-electron chi connectivity index (χ1n) is 17.9. The molecule has 294 valence electrons. The average Bonchev–Trinajstić information content (AvgIpc) is 3.90. The number of carbonyl (C=O) groups excluding carboxylic acids is 3. The molecule has 1 aliphatic heterocycles. The van der Waals surface area contributed by atoms with Crippen molar-refractivity contribution >= 4 is 29.3 Å². The number of carbonyl (C=O) groups is 3. The highest BCUT2D eigenvalue weighted by Crippen LogP contribution is 2.45. The van der Waals surface area contributed by atoms with Gasteiger partial charge in [0.05, 0.1) is 40.1 Å². The van der Waals surface area contributed by atoms with Crippen molar-refractivity contribution in [3.63, 3.8) is 0 Å². The molecule has 2 amide bonds. The van der Waals surface area contributed by atoms with E-state index in [0.717, 1.165) is 29.0 Å². The number of likely N-dealkylation sites (tertiary alicyclic amines) is 1. The quantitative estimate of drug-likeness (QED) is 0.128. The van der Waals surface area contributed by atoms with Gasteiger partial charge in [-0.3, -0.25) is 14.7 Å². The molecule has 1 aliphatic rings. The van der Waals surface area contributed by atoms with Crippen LogP contribution in [-0.2, 0) is 28.9 Å². The van der Waals surface area contributed by atoms with Crippen molar-refractivity contribution in [3.05, 3.63) is 111 Å². The number of ether oxygens (including phenoxy) is 2. The van der Waals surface area contributed by atoms with Gasteiger partial charge in [0.2, 0.25) is 11.8 Å². The van der Waals surface area contributed by atoms with E-state index in [2.05, 4.69) is 15.5 Å². The van der Waals surface area contributed by atoms with E-state index in [-0.39, 0.29) is 71.6 Å². The molecule has 12 nitrogen and oxygen atoms in total. The zero-order chi connectivity index (χ0) is 40.3. The number of aryl methyl sites for hydroxylation is 3. The summed E-state index contributed by atoms with van der Waals surface area (Å²) in [7, 11) is 0. The third kappa shape index (κ3) is 8.92. The van der Waals surface area contributed by atoms with Crippen molar-refractivity contribution in [1.82, 2.24) is 25.4 Å². The number of esters is 1. The second kappa shape index (κ2) is 16.6. The summed E-state index contributed by atoms with van der Waals surface area (Å²) in [6.07, 6.45) is -1.21. The number of rotatable bonds is 11. The Kier molecular flexibility index (Phi) is 11.9. The summed E-state index contributed by atoms with van der Waals surface area (Å²) in [5.41, 5.74) is 0.964. The standard InChI is InChI=1S/C40H40F3N5O7S/c1-6-53-38(51)33-32(29-15-16-30(56-29)36(50)44-20-23-9-13-25(42)26(43)19-23)31(37-47-46-21(2)54-37)27(14-10-22-7-11-24(41)12-8-22)45-34(33)35-28(49)17-18-48(35)39(52)55-40(3,4)5/h7-9,11-13,15-16,19,28,35,49H,6,10,14,17-18,20H2,1-5H3,(H,44,50)/t28-,35-/m0/s1. The number of aromatic nitrogens is 3. The van der Waals surface area contributed by atoms with Gasteiger partial charge >= 0.3 is 12.1 Å². The summed E-state index contributed by atoms with van der Waals surface area (Å²) in [6.45, 7) is 8.31. The maximum absolute atomic E-state index is 14.3. The Bertz CT molecular complexity index is 2250. The fourth-order valence-electron chi connectivity index (χ4n) is 6.39. The first kappa shape index (κ1) is 40.1. The van der Waals surface area contributed by atoms with E-state index < -0.39 is 53.2 Å². The first-order chi connectivity index (χ1) is 26.6. The number of aliphatic hydroxyl groups is 1. The number of nitrogens with one attached hydrogen (secondary N) is 1. The molecule has 3 aromatic heterocycles. The minimum atomic E-state index is -1.17. The Morgan fingerprint density at radius 1 is 0.982 bits per heavy atom. The molecule has 16 heteroatoms. The molecule has 0 saturated carbocycles. The van der Waals surface area contributed by atoms with Crippen LogP contribution in [0.5, 0.6) is 0 Å². The minimum absolute atomic E-state index is 0.00455. The van der Waals surface area contributed by atoms with Crippen LogP contribution < -0.4 is 5.32 Å². The Morgan fingerprint density at radius 2 is 1.71 bits per heavy atom. The zero-order valence-corrected chi connectivity index (χ0v) is 32.1. The van der Waals surface area contributed by atoms with Gasteiger partial charge in [-0.25, -0.2) is 22.8 Å². The van der Waals surface area contributed by atoms with Gasteiger partial charge in [-0.15, -0.1) is 21.5 Å². The van der Waals surface area contributed by atoms with Gasteiger partial charge in [-0.2, -0.15) is 0 Å². The summed E-state index contributed by atoms with van der Waals surface area (Å²) >= 11 is 1.01. The molecular weight excluding hydrogens is 752 g/mol. The number of nitrogens with zero attached hydrogens (tertiary/aromatic N) is 4. The van der Waals surface area contributed by atoms with Crippen molar-refractivity contribution in [3.8, 4) is 21.9 Å². The van der Waals surface area contributed by atoms with Crippen LogP contribution in [0, 0.1) is 24.4 Å². The van der Waals surface area contributed by atoms with Gasteiger partial charge < -0.3 is 24.3 Å². The van der Waals surface area contributed by atoms with Crippen molar-refractivity contribution in [2.24, 2.45) is 0 Å². The van der Waals surface area contributed by atoms with E-state index in [1.165, 1.54) is 29.2 Å². The lowest BCUT2D eigenvalue weighted by atomic mass is 9.90. The van der Waals surface area contributed by atoms with Crippen LogP contribution in [0.1, 0.15) is 88.6 Å². The number of aliphatic hydroxyl groups excluding tert-OH is 1. The zero-order valence-electron chi connectivity index (χ0n) is 31.3. The molecule has 56 heavy (non-hydrogen) atoms. The highest BCUT2D eigenvalue weighted by molar-refractivity contribution is 7.17. The van der Waals surface area contributed by atoms with E-state index in [0.29, 0.717) is 22.6 Å². The monoisotopic (exact) mass is 791 g/mol. The third-order valence-electron chi connectivity index (χ3n) is 8.87. The predicted molar refractivity (Wildman–Crippen MR) is 199 cm³/mol. The molecule has 2 aromatic carbocycles. The summed E-state index contributed by atoms with van der Waals surface area (Å²) in [5, 5.41) is 22.6. The van der Waals surface area contributed by atoms with Crippen LogP contribution in [0.25, 0.3) is 21.9 Å². The van der Waals surface area contributed by atoms with Gasteiger partial charge in [0.15, 0.2) is 11.6 Å². The molecule has 0 aliphatic carbocycles. The summed E-state index contributed by atoms with van der Waals surface area (Å²) in [5.74, 6) is -3.61. The molecule has 0 spiro atoms. The molecule has 1 fully saturated rings. The molecule has 0 bridgehead atoms. The Labute approximate surface area is 324 Å². The van der Waals surface area contributed by atoms with E-state index in [1.807, 2.05) is 0 Å². The lowest BCUT2D eigenvalue weighted by Gasteiger charge is -2.31. The van der Waals surface area contributed by atoms with Crippen LogP contribution in [-0.4, -0.2) is 68.0 Å². The Balaban J connectivity index is 1.55. The van der Waals surface area contributed by atoms with Crippen LogP contribution >= 0.6 is 11.3 Å². The van der Waals surface area contributed by atoms with E-state index in [4.69, 9.17) is 18.9 Å². The number of halogens is 3. The fraction of sp³-hybridized carbons (Fsp3) is 0.350. The largest absolute Gasteiger partial charge is 0.462 e. The number of benzene rings is 2. The second-order valence-electron chi connectivity index (χ2n) is 14.1. The lowest BCUT2D eigenvalue weighted by molar-refractivity contribution is 0.0141. The van der Waals surface area contributed by atoms with Gasteiger partial charge in [-0.1, -0.05) is 18.2 Å². The first-order valence-corrected chi connectivity index (χ1v) is 18.7. The van der Waals surface area contributed by atoms with Crippen molar-refractivity contribution in [2.75, 3.05) is 13.2 Å². The highest BCUT2D eigenvalue weighted by atomic mass is 32.1. The predicted octanol–water partition coefficient (Wildman–Crippen LogP) is 7.52. The summed E-state index contributed by atoms with van der Waals surface area (Å²) in [6, 6.07) is 11.2. The number of pyridine rings is 1. The number of hydrogen-bond acceptors (Lipinski definition) is 11. The smallest absolute Gasteiger partial charge is 0.410 e. The topological polar surface area (TPSA) is 157 Å². The highest BCUT2D eigenvalue weighted by Gasteiger charge is 2.44. The normalized spacial score (nSPS) is 15.6. The second-order valence-corrected chi connectivity index (χ2v) is 15.2. The number of thiophene rings is 1. The van der Waals surface area contributed by atoms with Crippen LogP contribution in [0.2, 0.25) is 0 Å². The van der Waals surface area contributed by atoms with Crippen LogP contribution in [0.3, 0.4) is 0 Å². The SMILES string of the molecule is CCOC(=O)c1c([C@@H]2[C@@H](O)CCN2C(=O)OC(C)(C)C)nc(CCc2ccc(F)cc2)c(-c2nnc(C)o2)c1-c1ccc(C(=O)NCc2ccc(F)c(F)c2)s1. The molecule has 2 N–H and O–H groups in total. The molecule has 5 aromatic rings. The molecule has 6 rings (SSSR count). The third-order valence-corrected chi connectivity index (χ3v) is 9.97. The van der Waals surface area contributed by atoms with Crippen molar-refractivity contribution in [2.45, 2.75) is 78.2 Å². The van der Waals surface area contributed by atoms with Gasteiger partial charge in [-0.05, 0) is 94.5 Å². The number of amides is 2. The van der Waals surface area contributed by atoms with Crippen molar-refractivity contribution in [1.29, 1.82) is 0 Å². The van der Waals surface area contributed by atoms with Crippen molar-refractivity contribution < 1.29 is 46.6 Å². The van der Waals surface area contributed by atoms with E-state index in [9.17, 15) is 32.7 Å². The van der Waals surface area contributed by atoms with E-state index >= 15 is 0 Å². The maximum atomic E-state index is 14.3. The lowest BCUT2D eigenvalue weighted by Crippen LogP contribution is -2.39. The van der Waals surface area contributed by atoms with Gasteiger partial charge in [0.25, 0.3) is 5.91 Å². The molecule has 0 radical (unpaired) electrons. The Hall–Kier alpha value is -5.61. The Morgan fingerprint density at radius 3 is 2.38 bits per heavy atom. The van der Waals surface area contributed by atoms with Crippen LogP contribution in [0.4, 0.5) is 18.0 Å². The van der Waals surface area contributed by atoms with Gasteiger partial charge in [0, 0.05) is 30.5 Å². The summed E-state index contributed by atoms with van der Waals surface area (Å²) < 4.78 is 58.5. The van der Waals surface area contributed by atoms with Gasteiger partial charge in [0.1, 0.15) is 17.5 Å².